The van der Waals surface area contributed by atoms with E-state index in [0.717, 1.165) is 11.3 Å². The molecule has 0 fully saturated rings. The topological polar surface area (TPSA) is 41.6 Å². The molecule has 0 saturated heterocycles. The number of ether oxygens (including phenoxy) is 1. The third kappa shape index (κ3) is 5.58. The Balaban J connectivity index is 1.85. The highest BCUT2D eigenvalue weighted by Gasteiger charge is 2.09. The van der Waals surface area contributed by atoms with Crippen molar-refractivity contribution in [3.05, 3.63) is 59.1 Å². The van der Waals surface area contributed by atoms with Crippen molar-refractivity contribution < 1.29 is 9.53 Å². The van der Waals surface area contributed by atoms with Gasteiger partial charge >= 0.3 is 0 Å². The van der Waals surface area contributed by atoms with Crippen LogP contribution in [-0.4, -0.2) is 31.0 Å². The van der Waals surface area contributed by atoms with Gasteiger partial charge in [-0.3, -0.25) is 9.69 Å². The lowest BCUT2D eigenvalue weighted by molar-refractivity contribution is -0.117. The van der Waals surface area contributed by atoms with Crippen LogP contribution < -0.4 is 10.1 Å². The van der Waals surface area contributed by atoms with Crippen molar-refractivity contribution in [3.63, 3.8) is 0 Å². The number of hydrogen-bond donors (Lipinski definition) is 1. The van der Waals surface area contributed by atoms with Gasteiger partial charge in [-0.05, 0) is 43.8 Å². The van der Waals surface area contributed by atoms with Crippen molar-refractivity contribution in [1.82, 2.24) is 4.90 Å². The molecular formula is C18H21ClN2O2. The van der Waals surface area contributed by atoms with Crippen molar-refractivity contribution >= 4 is 23.2 Å². The molecule has 0 atom stereocenters. The molecule has 0 unspecified atom stereocenters. The van der Waals surface area contributed by atoms with Gasteiger partial charge in [-0.25, -0.2) is 0 Å². The lowest BCUT2D eigenvalue weighted by Crippen LogP contribution is -2.29. The summed E-state index contributed by atoms with van der Waals surface area (Å²) < 4.78 is 5.42. The van der Waals surface area contributed by atoms with E-state index in [-0.39, 0.29) is 5.91 Å². The molecule has 0 aliphatic carbocycles. The van der Waals surface area contributed by atoms with Crippen LogP contribution in [0.2, 0.25) is 5.02 Å². The molecule has 2 aromatic carbocycles. The van der Waals surface area contributed by atoms with Gasteiger partial charge in [0.2, 0.25) is 5.91 Å². The summed E-state index contributed by atoms with van der Waals surface area (Å²) in [5.74, 6) is 0.766. The summed E-state index contributed by atoms with van der Waals surface area (Å²) >= 11 is 6.03. The summed E-state index contributed by atoms with van der Waals surface area (Å²) in [4.78, 5) is 14.0. The standard InChI is InChI=1S/C18H21ClN2O2/c1-3-23-15-10-8-14(9-11-15)12-21(2)13-18(22)20-17-7-5-4-6-16(17)19/h4-11H,3,12-13H2,1-2H3,(H,20,22). The van der Waals surface area contributed by atoms with Crippen molar-refractivity contribution in [1.29, 1.82) is 0 Å². The zero-order valence-corrected chi connectivity index (χ0v) is 14.1. The number of amides is 1. The fourth-order valence-corrected chi connectivity index (χ4v) is 2.41. The van der Waals surface area contributed by atoms with Gasteiger partial charge in [-0.2, -0.15) is 0 Å². The molecule has 122 valence electrons. The molecule has 0 radical (unpaired) electrons. The van der Waals surface area contributed by atoms with Gasteiger partial charge in [-0.15, -0.1) is 0 Å². The molecule has 0 saturated carbocycles. The highest BCUT2D eigenvalue weighted by molar-refractivity contribution is 6.33. The minimum atomic E-state index is -0.0912. The smallest absolute Gasteiger partial charge is 0.238 e. The molecule has 1 N–H and O–H groups in total. The van der Waals surface area contributed by atoms with Crippen LogP contribution >= 0.6 is 11.6 Å². The first kappa shape index (κ1) is 17.3. The van der Waals surface area contributed by atoms with Gasteiger partial charge in [0.25, 0.3) is 0 Å². The van der Waals surface area contributed by atoms with Gasteiger partial charge in [0.15, 0.2) is 0 Å². The van der Waals surface area contributed by atoms with Crippen LogP contribution in [0.5, 0.6) is 5.75 Å². The predicted molar refractivity (Wildman–Crippen MR) is 94.0 cm³/mol. The Hall–Kier alpha value is -2.04. The molecule has 0 heterocycles. The van der Waals surface area contributed by atoms with Gasteiger partial charge in [-0.1, -0.05) is 35.9 Å². The van der Waals surface area contributed by atoms with Crippen LogP contribution in [0.4, 0.5) is 5.69 Å². The number of rotatable bonds is 7. The normalized spacial score (nSPS) is 10.6. The Morgan fingerprint density at radius 2 is 1.87 bits per heavy atom. The fraction of sp³-hybridized carbons (Fsp3) is 0.278. The van der Waals surface area contributed by atoms with Crippen molar-refractivity contribution in [3.8, 4) is 5.75 Å². The SMILES string of the molecule is CCOc1ccc(CN(C)CC(=O)Nc2ccccc2Cl)cc1. The van der Waals surface area contributed by atoms with E-state index >= 15 is 0 Å². The summed E-state index contributed by atoms with van der Waals surface area (Å²) in [5, 5.41) is 3.36. The first-order chi connectivity index (χ1) is 11.1. The predicted octanol–water partition coefficient (Wildman–Crippen LogP) is 3.81. The molecule has 2 rings (SSSR count). The van der Waals surface area contributed by atoms with Crippen molar-refractivity contribution in [2.45, 2.75) is 13.5 Å². The van der Waals surface area contributed by atoms with E-state index in [4.69, 9.17) is 16.3 Å². The van der Waals surface area contributed by atoms with Crippen LogP contribution in [-0.2, 0) is 11.3 Å². The molecule has 0 aliphatic rings. The number of para-hydroxylation sites is 1. The highest BCUT2D eigenvalue weighted by atomic mass is 35.5. The molecule has 1 amide bonds. The first-order valence-electron chi connectivity index (χ1n) is 7.53. The number of nitrogens with zero attached hydrogens (tertiary/aromatic N) is 1. The first-order valence-corrected chi connectivity index (χ1v) is 7.91. The van der Waals surface area contributed by atoms with Crippen LogP contribution in [0, 0.1) is 0 Å². The Kier molecular flexibility index (Phi) is 6.44. The van der Waals surface area contributed by atoms with E-state index < -0.39 is 0 Å². The number of anilines is 1. The second-order valence-corrected chi connectivity index (χ2v) is 5.68. The van der Waals surface area contributed by atoms with Crippen LogP contribution in [0.25, 0.3) is 0 Å². The molecule has 2 aromatic rings. The molecule has 4 nitrogen and oxygen atoms in total. The van der Waals surface area contributed by atoms with Crippen LogP contribution in [0.15, 0.2) is 48.5 Å². The fourth-order valence-electron chi connectivity index (χ4n) is 2.22. The van der Waals surface area contributed by atoms with Crippen molar-refractivity contribution in [2.75, 3.05) is 25.5 Å². The van der Waals surface area contributed by atoms with E-state index in [1.165, 1.54) is 0 Å². The summed E-state index contributed by atoms with van der Waals surface area (Å²) in [6, 6.07) is 15.1. The highest BCUT2D eigenvalue weighted by Crippen LogP contribution is 2.20. The second-order valence-electron chi connectivity index (χ2n) is 5.28. The molecule has 0 spiro atoms. The maximum absolute atomic E-state index is 12.1. The number of likely N-dealkylation sites (N-methyl/N-ethyl adjacent to an activating group) is 1. The minimum absolute atomic E-state index is 0.0912. The Bertz CT molecular complexity index is 644. The monoisotopic (exact) mass is 332 g/mol. The molecule has 23 heavy (non-hydrogen) atoms. The van der Waals surface area contributed by atoms with E-state index in [2.05, 4.69) is 5.32 Å². The van der Waals surface area contributed by atoms with Gasteiger partial charge in [0, 0.05) is 6.54 Å². The third-order valence-electron chi connectivity index (χ3n) is 3.25. The van der Waals surface area contributed by atoms with Crippen LogP contribution in [0.3, 0.4) is 0 Å². The zero-order chi connectivity index (χ0) is 16.7. The maximum Gasteiger partial charge on any atom is 0.238 e. The zero-order valence-electron chi connectivity index (χ0n) is 13.4. The second kappa shape index (κ2) is 8.56. The average molecular weight is 333 g/mol. The summed E-state index contributed by atoms with van der Waals surface area (Å²) in [6.45, 7) is 3.58. The quantitative estimate of drug-likeness (QED) is 0.838. The molecule has 0 bridgehead atoms. The van der Waals surface area contributed by atoms with Gasteiger partial charge in [0.05, 0.1) is 23.9 Å². The van der Waals surface area contributed by atoms with E-state index in [1.54, 1.807) is 12.1 Å². The molecular weight excluding hydrogens is 312 g/mol. The number of nitrogens with one attached hydrogen (secondary N) is 1. The maximum atomic E-state index is 12.1. The molecule has 5 heteroatoms. The number of benzene rings is 2. The summed E-state index contributed by atoms with van der Waals surface area (Å²) in [6.07, 6.45) is 0. The lowest BCUT2D eigenvalue weighted by Gasteiger charge is -2.17. The number of carbonyl (C=O) groups is 1. The largest absolute Gasteiger partial charge is 0.494 e. The number of hydrogen-bond acceptors (Lipinski definition) is 3. The Labute approximate surface area is 142 Å². The van der Waals surface area contributed by atoms with E-state index in [1.807, 2.05) is 55.3 Å². The Morgan fingerprint density at radius 1 is 1.17 bits per heavy atom. The third-order valence-corrected chi connectivity index (χ3v) is 3.58. The lowest BCUT2D eigenvalue weighted by atomic mass is 10.2. The summed E-state index contributed by atoms with van der Waals surface area (Å²) in [5.41, 5.74) is 1.76. The summed E-state index contributed by atoms with van der Waals surface area (Å²) in [7, 11) is 1.91. The van der Waals surface area contributed by atoms with Gasteiger partial charge < -0.3 is 10.1 Å². The molecule has 0 aliphatic heterocycles. The van der Waals surface area contributed by atoms with E-state index in [9.17, 15) is 4.79 Å². The molecule has 0 aromatic heterocycles. The van der Waals surface area contributed by atoms with Crippen molar-refractivity contribution in [2.24, 2.45) is 0 Å². The Morgan fingerprint density at radius 3 is 2.52 bits per heavy atom. The van der Waals surface area contributed by atoms with Crippen LogP contribution in [0.1, 0.15) is 12.5 Å². The van der Waals surface area contributed by atoms with E-state index in [0.29, 0.717) is 30.4 Å². The van der Waals surface area contributed by atoms with Gasteiger partial charge in [0.1, 0.15) is 5.75 Å². The number of carbonyl (C=O) groups excluding carboxylic acids is 1. The average Bonchev–Trinajstić information content (AvgIpc) is 2.51. The minimum Gasteiger partial charge on any atom is -0.494 e. The number of halogens is 1.